The minimum atomic E-state index is 0.701. The summed E-state index contributed by atoms with van der Waals surface area (Å²) in [5.41, 5.74) is 15.5. The molecule has 60 heavy (non-hydrogen) atoms. The van der Waals surface area contributed by atoms with E-state index in [1.165, 1.54) is 11.1 Å². The van der Waals surface area contributed by atoms with E-state index in [9.17, 15) is 0 Å². The fourth-order valence-electron chi connectivity index (χ4n) is 8.37. The number of rotatable bonds is 8. The van der Waals surface area contributed by atoms with Crippen molar-refractivity contribution in [2.75, 3.05) is 4.90 Å². The van der Waals surface area contributed by atoms with Gasteiger partial charge in [-0.05, 0) is 88.0 Å². The van der Waals surface area contributed by atoms with Crippen LogP contribution in [0.3, 0.4) is 0 Å². The lowest BCUT2D eigenvalue weighted by Crippen LogP contribution is -2.10. The first-order valence-corrected chi connectivity index (χ1v) is 20.2. The largest absolute Gasteiger partial charge is 0.456 e. The third kappa shape index (κ3) is 6.47. The van der Waals surface area contributed by atoms with Gasteiger partial charge < -0.3 is 9.32 Å². The van der Waals surface area contributed by atoms with Crippen LogP contribution < -0.4 is 4.90 Å². The Bertz CT molecular complexity index is 3230. The average molecular weight is 768 g/mol. The molecule has 0 spiro atoms. The zero-order valence-electron chi connectivity index (χ0n) is 32.6. The molecule has 9 aromatic carbocycles. The molecule has 11 aromatic rings. The van der Waals surface area contributed by atoms with Crippen molar-refractivity contribution in [2.24, 2.45) is 0 Å². The van der Waals surface area contributed by atoms with Crippen molar-refractivity contribution >= 4 is 49.9 Å². The number of para-hydroxylation sites is 2. The van der Waals surface area contributed by atoms with Gasteiger partial charge in [0.25, 0.3) is 0 Å². The highest BCUT2D eigenvalue weighted by atomic mass is 16.3. The molecule has 4 heteroatoms. The maximum absolute atomic E-state index is 6.71. The molecule has 0 aliphatic carbocycles. The van der Waals surface area contributed by atoms with Gasteiger partial charge in [0.05, 0.1) is 11.2 Å². The normalized spacial score (nSPS) is 11.3. The molecule has 0 aliphatic heterocycles. The standard InChI is InChI=1S/C56H37N3O/c1-5-16-38(17-6-1)43-34-44(39-18-7-2-8-19-39)36-47(35-43)59(45-22-11-4-12-23-45)46-32-33-50-53(37-46)60-52-27-15-25-48(54(50)52)40-28-30-42(31-29-40)56-57-51-26-14-13-24-49(51)55(58-56)41-20-9-3-10-21-41/h1-37H. The van der Waals surface area contributed by atoms with Crippen LogP contribution in [-0.4, -0.2) is 9.97 Å². The van der Waals surface area contributed by atoms with E-state index in [0.29, 0.717) is 5.82 Å². The summed E-state index contributed by atoms with van der Waals surface area (Å²) in [6.45, 7) is 0. The Balaban J connectivity index is 1.01. The number of hydrogen-bond acceptors (Lipinski definition) is 4. The van der Waals surface area contributed by atoms with Crippen molar-refractivity contribution in [3.05, 3.63) is 224 Å². The lowest BCUT2D eigenvalue weighted by Gasteiger charge is -2.27. The van der Waals surface area contributed by atoms with Gasteiger partial charge in [-0.25, -0.2) is 9.97 Å². The number of fused-ring (bicyclic) bond motifs is 4. The number of anilines is 3. The summed E-state index contributed by atoms with van der Waals surface area (Å²) in [7, 11) is 0. The fraction of sp³-hybridized carbons (Fsp3) is 0. The monoisotopic (exact) mass is 767 g/mol. The zero-order valence-corrected chi connectivity index (χ0v) is 32.6. The van der Waals surface area contributed by atoms with Crippen molar-refractivity contribution in [3.8, 4) is 56.0 Å². The van der Waals surface area contributed by atoms with Gasteiger partial charge in [0, 0.05) is 50.4 Å². The molecule has 0 N–H and O–H groups in total. The Morgan fingerprint density at radius 1 is 0.333 bits per heavy atom. The van der Waals surface area contributed by atoms with Crippen molar-refractivity contribution in [3.63, 3.8) is 0 Å². The lowest BCUT2D eigenvalue weighted by molar-refractivity contribution is 0.669. The molecule has 4 nitrogen and oxygen atoms in total. The summed E-state index contributed by atoms with van der Waals surface area (Å²) in [6.07, 6.45) is 0. The number of nitrogens with zero attached hydrogens (tertiary/aromatic N) is 3. The Morgan fingerprint density at radius 3 is 1.62 bits per heavy atom. The number of benzene rings is 9. The van der Waals surface area contributed by atoms with Crippen LogP contribution >= 0.6 is 0 Å². The lowest BCUT2D eigenvalue weighted by atomic mass is 9.97. The van der Waals surface area contributed by atoms with Crippen LogP contribution in [0.1, 0.15) is 0 Å². The molecule has 0 unspecified atom stereocenters. The Hall–Kier alpha value is -8.08. The number of aromatic nitrogens is 2. The fourth-order valence-corrected chi connectivity index (χ4v) is 8.37. The number of hydrogen-bond donors (Lipinski definition) is 0. The molecule has 0 aliphatic rings. The first kappa shape index (κ1) is 35.1. The molecular formula is C56H37N3O. The van der Waals surface area contributed by atoms with Crippen LogP contribution in [0, 0.1) is 0 Å². The second kappa shape index (κ2) is 15.0. The average Bonchev–Trinajstić information content (AvgIpc) is 3.71. The van der Waals surface area contributed by atoms with Gasteiger partial charge in [0.1, 0.15) is 11.2 Å². The predicted molar refractivity (Wildman–Crippen MR) is 249 cm³/mol. The Kier molecular flexibility index (Phi) is 8.79. The highest BCUT2D eigenvalue weighted by Crippen LogP contribution is 2.43. The summed E-state index contributed by atoms with van der Waals surface area (Å²) in [5, 5.41) is 3.19. The third-order valence-electron chi connectivity index (χ3n) is 11.2. The Morgan fingerprint density at radius 2 is 0.933 bits per heavy atom. The number of furan rings is 1. The quantitative estimate of drug-likeness (QED) is 0.154. The highest BCUT2D eigenvalue weighted by Gasteiger charge is 2.19. The second-order valence-corrected chi connectivity index (χ2v) is 15.0. The first-order valence-electron chi connectivity index (χ1n) is 20.2. The smallest absolute Gasteiger partial charge is 0.160 e. The van der Waals surface area contributed by atoms with E-state index in [4.69, 9.17) is 14.4 Å². The molecular weight excluding hydrogens is 731 g/mol. The highest BCUT2D eigenvalue weighted by molar-refractivity contribution is 6.13. The molecule has 0 bridgehead atoms. The summed E-state index contributed by atoms with van der Waals surface area (Å²) in [5.74, 6) is 0.701. The van der Waals surface area contributed by atoms with Crippen LogP contribution in [0.4, 0.5) is 17.1 Å². The van der Waals surface area contributed by atoms with E-state index >= 15 is 0 Å². The van der Waals surface area contributed by atoms with Crippen molar-refractivity contribution < 1.29 is 4.42 Å². The summed E-state index contributed by atoms with van der Waals surface area (Å²) in [4.78, 5) is 12.4. The van der Waals surface area contributed by atoms with E-state index in [0.717, 1.165) is 89.0 Å². The maximum atomic E-state index is 6.71. The van der Waals surface area contributed by atoms with Gasteiger partial charge in [0.2, 0.25) is 0 Å². The van der Waals surface area contributed by atoms with E-state index < -0.39 is 0 Å². The minimum absolute atomic E-state index is 0.701. The minimum Gasteiger partial charge on any atom is -0.456 e. The van der Waals surface area contributed by atoms with Crippen LogP contribution in [0.5, 0.6) is 0 Å². The van der Waals surface area contributed by atoms with Gasteiger partial charge in [-0.1, -0.05) is 164 Å². The van der Waals surface area contributed by atoms with Gasteiger partial charge in [0.15, 0.2) is 5.82 Å². The van der Waals surface area contributed by atoms with Crippen molar-refractivity contribution in [2.45, 2.75) is 0 Å². The molecule has 2 aromatic heterocycles. The summed E-state index contributed by atoms with van der Waals surface area (Å²) in [6, 6.07) is 78.6. The molecule has 282 valence electrons. The van der Waals surface area contributed by atoms with Gasteiger partial charge in [-0.2, -0.15) is 0 Å². The van der Waals surface area contributed by atoms with E-state index in [1.807, 2.05) is 30.3 Å². The van der Waals surface area contributed by atoms with Crippen molar-refractivity contribution in [1.82, 2.24) is 9.97 Å². The van der Waals surface area contributed by atoms with Crippen LogP contribution in [0.2, 0.25) is 0 Å². The maximum Gasteiger partial charge on any atom is 0.160 e. The topological polar surface area (TPSA) is 42.2 Å². The molecule has 0 saturated heterocycles. The molecule has 0 fully saturated rings. The van der Waals surface area contributed by atoms with Crippen LogP contribution in [-0.2, 0) is 0 Å². The first-order chi connectivity index (χ1) is 29.7. The predicted octanol–water partition coefficient (Wildman–Crippen LogP) is 15.3. The third-order valence-corrected chi connectivity index (χ3v) is 11.2. The zero-order chi connectivity index (χ0) is 39.8. The van der Waals surface area contributed by atoms with Gasteiger partial charge >= 0.3 is 0 Å². The molecule has 2 heterocycles. The molecule has 0 amide bonds. The van der Waals surface area contributed by atoms with E-state index in [-0.39, 0.29) is 0 Å². The van der Waals surface area contributed by atoms with Gasteiger partial charge in [-0.3, -0.25) is 0 Å². The molecule has 0 radical (unpaired) electrons. The Labute approximate surface area is 348 Å². The van der Waals surface area contributed by atoms with Crippen molar-refractivity contribution in [1.29, 1.82) is 0 Å². The second-order valence-electron chi connectivity index (χ2n) is 15.0. The van der Waals surface area contributed by atoms with Crippen LogP contribution in [0.25, 0.3) is 88.9 Å². The van der Waals surface area contributed by atoms with E-state index in [2.05, 4.69) is 199 Å². The molecule has 0 atom stereocenters. The molecule has 11 rings (SSSR count). The summed E-state index contributed by atoms with van der Waals surface area (Å²) >= 11 is 0. The van der Waals surface area contributed by atoms with Gasteiger partial charge in [-0.15, -0.1) is 0 Å². The van der Waals surface area contributed by atoms with E-state index in [1.54, 1.807) is 0 Å². The molecule has 0 saturated carbocycles. The SMILES string of the molecule is c1ccc(-c2cc(-c3ccccc3)cc(N(c3ccccc3)c3ccc4c(c3)oc3cccc(-c5ccc(-c6nc(-c7ccccc7)c7ccccc7n6)cc5)c34)c2)cc1. The summed E-state index contributed by atoms with van der Waals surface area (Å²) < 4.78 is 6.71. The van der Waals surface area contributed by atoms with Crippen LogP contribution in [0.15, 0.2) is 229 Å².